The Hall–Kier alpha value is -2.01. The van der Waals surface area contributed by atoms with Crippen LogP contribution >= 0.6 is 11.3 Å². The first kappa shape index (κ1) is 10.9. The van der Waals surface area contributed by atoms with Crippen molar-refractivity contribution in [2.75, 3.05) is 12.1 Å². The zero-order chi connectivity index (χ0) is 12.8. The van der Waals surface area contributed by atoms with Crippen LogP contribution in [0.15, 0.2) is 29.6 Å². The SMILES string of the molecule is O=C1C[C@@H](c2ccc3c(c2)OCO3)c2sccc2N1. The molecule has 1 aromatic heterocycles. The van der Waals surface area contributed by atoms with Crippen LogP contribution in [-0.2, 0) is 4.79 Å². The highest BCUT2D eigenvalue weighted by Gasteiger charge is 2.28. The van der Waals surface area contributed by atoms with Gasteiger partial charge in [-0.05, 0) is 29.1 Å². The fourth-order valence-corrected chi connectivity index (χ4v) is 3.55. The van der Waals surface area contributed by atoms with Gasteiger partial charge in [0.05, 0.1) is 5.69 Å². The van der Waals surface area contributed by atoms with Gasteiger partial charge in [0.25, 0.3) is 0 Å². The molecule has 2 aliphatic rings. The molecule has 3 heterocycles. The van der Waals surface area contributed by atoms with Crippen molar-refractivity contribution in [1.82, 2.24) is 0 Å². The molecule has 19 heavy (non-hydrogen) atoms. The molecule has 4 nitrogen and oxygen atoms in total. The fraction of sp³-hybridized carbons (Fsp3) is 0.214. The minimum atomic E-state index is 0.0635. The zero-order valence-corrected chi connectivity index (χ0v) is 10.8. The molecular weight excluding hydrogens is 262 g/mol. The zero-order valence-electron chi connectivity index (χ0n) is 10.0. The molecule has 1 atom stereocenters. The van der Waals surface area contributed by atoms with Gasteiger partial charge in [0.1, 0.15) is 0 Å². The van der Waals surface area contributed by atoms with Crippen molar-refractivity contribution in [1.29, 1.82) is 0 Å². The van der Waals surface area contributed by atoms with E-state index in [0.717, 1.165) is 22.7 Å². The van der Waals surface area contributed by atoms with E-state index in [9.17, 15) is 4.79 Å². The van der Waals surface area contributed by atoms with Gasteiger partial charge in [-0.25, -0.2) is 0 Å². The van der Waals surface area contributed by atoms with Crippen LogP contribution in [-0.4, -0.2) is 12.7 Å². The van der Waals surface area contributed by atoms with Crippen molar-refractivity contribution in [3.8, 4) is 11.5 Å². The summed E-state index contributed by atoms with van der Waals surface area (Å²) in [5.41, 5.74) is 2.03. The van der Waals surface area contributed by atoms with Gasteiger partial charge in [0.15, 0.2) is 11.5 Å². The van der Waals surface area contributed by atoms with Crippen molar-refractivity contribution in [3.05, 3.63) is 40.1 Å². The van der Waals surface area contributed by atoms with E-state index in [2.05, 4.69) is 5.32 Å². The molecule has 1 amide bonds. The number of rotatable bonds is 1. The predicted octanol–water partition coefficient (Wildman–Crippen LogP) is 2.95. The quantitative estimate of drug-likeness (QED) is 0.869. The van der Waals surface area contributed by atoms with E-state index in [-0.39, 0.29) is 18.6 Å². The van der Waals surface area contributed by atoms with Crippen molar-refractivity contribution in [2.45, 2.75) is 12.3 Å². The summed E-state index contributed by atoms with van der Waals surface area (Å²) in [4.78, 5) is 13.0. The molecule has 2 aromatic rings. The standard InChI is InChI=1S/C14H11NO3S/c16-13-6-9(14-10(15-13)3-4-19-14)8-1-2-11-12(5-8)18-7-17-11/h1-5,9H,6-7H2,(H,15,16)/t9-/m0/s1. The Balaban J connectivity index is 1.79. The predicted molar refractivity (Wildman–Crippen MR) is 72.0 cm³/mol. The number of anilines is 1. The van der Waals surface area contributed by atoms with E-state index in [1.165, 1.54) is 4.88 Å². The molecule has 5 heteroatoms. The molecule has 0 unspecified atom stereocenters. The van der Waals surface area contributed by atoms with Crippen LogP contribution in [0.1, 0.15) is 22.8 Å². The summed E-state index contributed by atoms with van der Waals surface area (Å²) in [6.45, 7) is 0.272. The van der Waals surface area contributed by atoms with E-state index in [1.54, 1.807) is 11.3 Å². The van der Waals surface area contributed by atoms with Crippen LogP contribution < -0.4 is 14.8 Å². The molecule has 1 aromatic carbocycles. The number of hydrogen-bond acceptors (Lipinski definition) is 4. The number of carbonyl (C=O) groups is 1. The number of fused-ring (bicyclic) bond motifs is 2. The Kier molecular flexibility index (Phi) is 2.29. The summed E-state index contributed by atoms with van der Waals surface area (Å²) in [6, 6.07) is 7.86. The summed E-state index contributed by atoms with van der Waals surface area (Å²) >= 11 is 1.68. The monoisotopic (exact) mass is 273 g/mol. The van der Waals surface area contributed by atoms with E-state index in [1.807, 2.05) is 29.6 Å². The molecule has 4 rings (SSSR count). The summed E-state index contributed by atoms with van der Waals surface area (Å²) < 4.78 is 10.7. The second-order valence-corrected chi connectivity index (χ2v) is 5.56. The maximum atomic E-state index is 11.8. The van der Waals surface area contributed by atoms with Gasteiger partial charge in [0.2, 0.25) is 12.7 Å². The number of nitrogens with one attached hydrogen (secondary N) is 1. The topological polar surface area (TPSA) is 47.6 Å². The van der Waals surface area contributed by atoms with Crippen LogP contribution in [0, 0.1) is 0 Å². The van der Waals surface area contributed by atoms with Gasteiger partial charge >= 0.3 is 0 Å². The Bertz CT molecular complexity index is 664. The maximum Gasteiger partial charge on any atom is 0.231 e. The molecule has 0 bridgehead atoms. The molecule has 0 saturated heterocycles. The third-order valence-corrected chi connectivity index (χ3v) is 4.50. The molecular formula is C14H11NO3S. The van der Waals surface area contributed by atoms with Gasteiger partial charge in [0, 0.05) is 17.2 Å². The first-order valence-corrected chi connectivity index (χ1v) is 6.96. The van der Waals surface area contributed by atoms with Crippen LogP contribution in [0.3, 0.4) is 0 Å². The van der Waals surface area contributed by atoms with E-state index in [0.29, 0.717) is 6.42 Å². The third-order valence-electron chi connectivity index (χ3n) is 3.47. The molecule has 0 saturated carbocycles. The highest BCUT2D eigenvalue weighted by atomic mass is 32.1. The smallest absolute Gasteiger partial charge is 0.231 e. The highest BCUT2D eigenvalue weighted by Crippen LogP contribution is 2.43. The van der Waals surface area contributed by atoms with Crippen molar-refractivity contribution in [2.24, 2.45) is 0 Å². The number of thiophene rings is 1. The molecule has 2 aliphatic heterocycles. The van der Waals surface area contributed by atoms with Gasteiger partial charge < -0.3 is 14.8 Å². The number of benzene rings is 1. The van der Waals surface area contributed by atoms with Gasteiger partial charge in [-0.1, -0.05) is 6.07 Å². The highest BCUT2D eigenvalue weighted by molar-refractivity contribution is 7.10. The minimum absolute atomic E-state index is 0.0635. The van der Waals surface area contributed by atoms with Gasteiger partial charge in [-0.15, -0.1) is 11.3 Å². The average Bonchev–Trinajstić information content (AvgIpc) is 3.04. The Morgan fingerprint density at radius 3 is 3.05 bits per heavy atom. The van der Waals surface area contributed by atoms with E-state index in [4.69, 9.17) is 9.47 Å². The number of carbonyl (C=O) groups excluding carboxylic acids is 1. The van der Waals surface area contributed by atoms with Crippen molar-refractivity contribution < 1.29 is 14.3 Å². The lowest BCUT2D eigenvalue weighted by molar-refractivity contribution is -0.116. The average molecular weight is 273 g/mol. The second kappa shape index (κ2) is 3.99. The fourth-order valence-electron chi connectivity index (χ4n) is 2.57. The molecule has 1 N–H and O–H groups in total. The minimum Gasteiger partial charge on any atom is -0.454 e. The first-order valence-electron chi connectivity index (χ1n) is 6.08. The second-order valence-electron chi connectivity index (χ2n) is 4.62. The lowest BCUT2D eigenvalue weighted by Gasteiger charge is -2.23. The summed E-state index contributed by atoms with van der Waals surface area (Å²) in [7, 11) is 0. The largest absolute Gasteiger partial charge is 0.454 e. The summed E-state index contributed by atoms with van der Waals surface area (Å²) in [5, 5.41) is 4.92. The van der Waals surface area contributed by atoms with Gasteiger partial charge in [-0.3, -0.25) is 4.79 Å². The first-order chi connectivity index (χ1) is 9.31. The molecule has 0 radical (unpaired) electrons. The summed E-state index contributed by atoms with van der Waals surface area (Å²) in [5.74, 6) is 1.71. The van der Waals surface area contributed by atoms with E-state index >= 15 is 0 Å². The van der Waals surface area contributed by atoms with Crippen molar-refractivity contribution in [3.63, 3.8) is 0 Å². The number of ether oxygens (including phenoxy) is 2. The molecule has 0 fully saturated rings. The lowest BCUT2D eigenvalue weighted by Crippen LogP contribution is -2.21. The van der Waals surface area contributed by atoms with Crippen LogP contribution in [0.25, 0.3) is 0 Å². The Labute approximate surface area is 114 Å². The van der Waals surface area contributed by atoms with Gasteiger partial charge in [-0.2, -0.15) is 0 Å². The number of amides is 1. The lowest BCUT2D eigenvalue weighted by atomic mass is 9.90. The van der Waals surface area contributed by atoms with Crippen LogP contribution in [0.4, 0.5) is 5.69 Å². The van der Waals surface area contributed by atoms with Crippen LogP contribution in [0.2, 0.25) is 0 Å². The third kappa shape index (κ3) is 1.69. The molecule has 0 aliphatic carbocycles. The molecule has 0 spiro atoms. The Morgan fingerprint density at radius 2 is 2.11 bits per heavy atom. The summed E-state index contributed by atoms with van der Waals surface area (Å²) in [6.07, 6.45) is 0.479. The maximum absolute atomic E-state index is 11.8. The molecule has 96 valence electrons. The van der Waals surface area contributed by atoms with Crippen LogP contribution in [0.5, 0.6) is 11.5 Å². The number of hydrogen-bond donors (Lipinski definition) is 1. The Morgan fingerprint density at radius 1 is 1.21 bits per heavy atom. The normalized spacial score (nSPS) is 20.0. The van der Waals surface area contributed by atoms with E-state index < -0.39 is 0 Å². The van der Waals surface area contributed by atoms with Crippen molar-refractivity contribution >= 4 is 22.9 Å².